The zero-order valence-corrected chi connectivity index (χ0v) is 18.0. The Bertz CT molecular complexity index is 1000. The molecule has 31 heavy (non-hydrogen) atoms. The maximum Gasteiger partial charge on any atom is 0.244 e. The highest BCUT2D eigenvalue weighted by Gasteiger charge is 2.37. The van der Waals surface area contributed by atoms with Gasteiger partial charge in [0.2, 0.25) is 15.9 Å². The average Bonchev–Trinajstić information content (AvgIpc) is 2.82. The van der Waals surface area contributed by atoms with Crippen LogP contribution in [0.2, 0.25) is 0 Å². The Balaban J connectivity index is 1.51. The molecule has 0 N–H and O–H groups in total. The van der Waals surface area contributed by atoms with Gasteiger partial charge in [0.05, 0.1) is 18.1 Å². The van der Waals surface area contributed by atoms with Crippen molar-refractivity contribution in [2.45, 2.75) is 10.9 Å². The topological polar surface area (TPSA) is 70.2 Å². The second-order valence-corrected chi connectivity index (χ2v) is 9.55. The second-order valence-electron chi connectivity index (χ2n) is 7.61. The van der Waals surface area contributed by atoms with E-state index in [1.165, 1.54) is 10.4 Å². The number of amides is 1. The highest BCUT2D eigenvalue weighted by Crippen LogP contribution is 2.28. The van der Waals surface area contributed by atoms with Crippen molar-refractivity contribution in [2.24, 2.45) is 0 Å². The van der Waals surface area contributed by atoms with Crippen molar-refractivity contribution < 1.29 is 22.3 Å². The molecule has 0 aliphatic carbocycles. The molecule has 2 fully saturated rings. The fourth-order valence-electron chi connectivity index (χ4n) is 4.08. The summed E-state index contributed by atoms with van der Waals surface area (Å²) in [5, 5.41) is 0. The number of morpholine rings is 1. The number of rotatable bonds is 5. The van der Waals surface area contributed by atoms with Crippen molar-refractivity contribution in [2.75, 3.05) is 52.5 Å². The van der Waals surface area contributed by atoms with Crippen LogP contribution in [0.25, 0.3) is 0 Å². The summed E-state index contributed by atoms with van der Waals surface area (Å²) in [6, 6.07) is 13.9. The third kappa shape index (κ3) is 4.64. The van der Waals surface area contributed by atoms with Gasteiger partial charge in [0.15, 0.2) is 0 Å². The maximum atomic E-state index is 14.6. The zero-order valence-electron chi connectivity index (χ0n) is 17.2. The van der Waals surface area contributed by atoms with Crippen LogP contribution in [-0.4, -0.2) is 80.9 Å². The number of carbonyl (C=O) groups is 1. The van der Waals surface area contributed by atoms with Crippen molar-refractivity contribution in [1.82, 2.24) is 14.1 Å². The van der Waals surface area contributed by atoms with Crippen molar-refractivity contribution in [3.8, 4) is 0 Å². The molecular formula is C22H26FN3O4S. The Morgan fingerprint density at radius 2 is 1.48 bits per heavy atom. The van der Waals surface area contributed by atoms with E-state index in [1.807, 2.05) is 4.90 Å². The first kappa shape index (κ1) is 21.9. The van der Waals surface area contributed by atoms with Gasteiger partial charge in [-0.1, -0.05) is 36.4 Å². The molecule has 9 heteroatoms. The van der Waals surface area contributed by atoms with Crippen LogP contribution >= 0.6 is 0 Å². The molecule has 2 aliphatic heterocycles. The lowest BCUT2D eigenvalue weighted by Crippen LogP contribution is -2.54. The van der Waals surface area contributed by atoms with E-state index in [1.54, 1.807) is 53.4 Å². The molecule has 0 bridgehead atoms. The molecule has 2 aliphatic rings. The Labute approximate surface area is 182 Å². The third-order valence-corrected chi connectivity index (χ3v) is 7.69. The Hall–Kier alpha value is -2.33. The summed E-state index contributed by atoms with van der Waals surface area (Å²) in [7, 11) is -3.60. The second kappa shape index (κ2) is 9.44. The first-order valence-corrected chi connectivity index (χ1v) is 11.8. The van der Waals surface area contributed by atoms with Crippen LogP contribution in [0.5, 0.6) is 0 Å². The zero-order chi connectivity index (χ0) is 21.8. The molecule has 1 amide bonds. The van der Waals surface area contributed by atoms with E-state index in [0.29, 0.717) is 31.9 Å². The molecule has 166 valence electrons. The molecule has 0 unspecified atom stereocenters. The van der Waals surface area contributed by atoms with Crippen LogP contribution in [-0.2, 0) is 19.6 Å². The molecule has 0 spiro atoms. The number of piperazine rings is 1. The smallest absolute Gasteiger partial charge is 0.244 e. The van der Waals surface area contributed by atoms with E-state index < -0.39 is 21.9 Å². The summed E-state index contributed by atoms with van der Waals surface area (Å²) in [4.78, 5) is 17.3. The standard InChI is InChI=1S/C22H26FN3O4S/c23-20-9-5-4-8-19(20)21(24-14-16-30-17-15-24)22(27)25-10-12-26(13-11-25)31(28,29)18-6-2-1-3-7-18/h1-9,21H,10-17H2/t21-/m0/s1. The maximum absolute atomic E-state index is 14.6. The summed E-state index contributed by atoms with van der Waals surface area (Å²) in [6.45, 7) is 2.98. The van der Waals surface area contributed by atoms with Crippen molar-refractivity contribution in [1.29, 1.82) is 0 Å². The Morgan fingerprint density at radius 1 is 0.871 bits per heavy atom. The van der Waals surface area contributed by atoms with E-state index in [-0.39, 0.29) is 37.0 Å². The van der Waals surface area contributed by atoms with Gasteiger partial charge < -0.3 is 9.64 Å². The first-order valence-electron chi connectivity index (χ1n) is 10.4. The van der Waals surface area contributed by atoms with Crippen LogP contribution in [0.1, 0.15) is 11.6 Å². The minimum atomic E-state index is -3.60. The van der Waals surface area contributed by atoms with Crippen LogP contribution in [0.4, 0.5) is 4.39 Å². The first-order chi connectivity index (χ1) is 15.0. The minimum absolute atomic E-state index is 0.204. The lowest BCUT2D eigenvalue weighted by Gasteiger charge is -2.40. The molecular weight excluding hydrogens is 421 g/mol. The van der Waals surface area contributed by atoms with Gasteiger partial charge in [-0.2, -0.15) is 4.31 Å². The molecule has 0 saturated carbocycles. The van der Waals surface area contributed by atoms with Gasteiger partial charge in [-0.15, -0.1) is 0 Å². The summed E-state index contributed by atoms with van der Waals surface area (Å²) >= 11 is 0. The number of hydrogen-bond acceptors (Lipinski definition) is 5. The lowest BCUT2D eigenvalue weighted by atomic mass is 10.0. The predicted octanol–water partition coefficient (Wildman–Crippen LogP) is 1.73. The largest absolute Gasteiger partial charge is 0.379 e. The lowest BCUT2D eigenvalue weighted by molar-refractivity contribution is -0.140. The molecule has 2 heterocycles. The summed E-state index contributed by atoms with van der Waals surface area (Å²) in [5.41, 5.74) is 0.341. The summed E-state index contributed by atoms with van der Waals surface area (Å²) < 4.78 is 47.1. The fraction of sp³-hybridized carbons (Fsp3) is 0.409. The minimum Gasteiger partial charge on any atom is -0.379 e. The number of halogens is 1. The van der Waals surface area contributed by atoms with E-state index >= 15 is 0 Å². The van der Waals surface area contributed by atoms with E-state index in [4.69, 9.17) is 4.74 Å². The van der Waals surface area contributed by atoms with Crippen LogP contribution < -0.4 is 0 Å². The summed E-state index contributed by atoms with van der Waals surface area (Å²) in [5.74, 6) is -0.624. The molecule has 2 saturated heterocycles. The average molecular weight is 448 g/mol. The SMILES string of the molecule is O=C([C@H](c1ccccc1F)N1CCOCC1)N1CCN(S(=O)(=O)c2ccccc2)CC1. The van der Waals surface area contributed by atoms with Crippen LogP contribution in [0.15, 0.2) is 59.5 Å². The summed E-state index contributed by atoms with van der Waals surface area (Å²) in [6.07, 6.45) is 0. The Kier molecular flexibility index (Phi) is 6.66. The van der Waals surface area contributed by atoms with Crippen molar-refractivity contribution in [3.05, 3.63) is 66.0 Å². The van der Waals surface area contributed by atoms with Gasteiger partial charge in [0.1, 0.15) is 11.9 Å². The predicted molar refractivity (Wildman–Crippen MR) is 113 cm³/mol. The molecule has 0 aromatic heterocycles. The molecule has 4 rings (SSSR count). The van der Waals surface area contributed by atoms with Crippen molar-refractivity contribution >= 4 is 15.9 Å². The van der Waals surface area contributed by atoms with Gasteiger partial charge in [0, 0.05) is 44.8 Å². The Morgan fingerprint density at radius 3 is 2.13 bits per heavy atom. The van der Waals surface area contributed by atoms with Gasteiger partial charge in [-0.3, -0.25) is 9.69 Å². The van der Waals surface area contributed by atoms with Gasteiger partial charge in [0.25, 0.3) is 0 Å². The van der Waals surface area contributed by atoms with Crippen LogP contribution in [0, 0.1) is 5.82 Å². The van der Waals surface area contributed by atoms with Gasteiger partial charge >= 0.3 is 0 Å². The van der Waals surface area contributed by atoms with Crippen LogP contribution in [0.3, 0.4) is 0 Å². The molecule has 1 atom stereocenters. The van der Waals surface area contributed by atoms with E-state index in [2.05, 4.69) is 0 Å². The highest BCUT2D eigenvalue weighted by molar-refractivity contribution is 7.89. The number of benzene rings is 2. The highest BCUT2D eigenvalue weighted by atomic mass is 32.2. The molecule has 7 nitrogen and oxygen atoms in total. The quantitative estimate of drug-likeness (QED) is 0.698. The van der Waals surface area contributed by atoms with Crippen molar-refractivity contribution in [3.63, 3.8) is 0 Å². The third-order valence-electron chi connectivity index (χ3n) is 5.78. The fourth-order valence-corrected chi connectivity index (χ4v) is 5.52. The van der Waals surface area contributed by atoms with Gasteiger partial charge in [-0.05, 0) is 18.2 Å². The monoisotopic (exact) mass is 447 g/mol. The number of sulfonamides is 1. The number of hydrogen-bond donors (Lipinski definition) is 0. The number of carbonyl (C=O) groups excluding carboxylic acids is 1. The molecule has 2 aromatic carbocycles. The van der Waals surface area contributed by atoms with Gasteiger partial charge in [-0.25, -0.2) is 12.8 Å². The normalized spacial score (nSPS) is 19.8. The molecule has 2 aromatic rings. The molecule has 0 radical (unpaired) electrons. The number of nitrogens with zero attached hydrogens (tertiary/aromatic N) is 3. The van der Waals surface area contributed by atoms with E-state index in [0.717, 1.165) is 0 Å². The van der Waals surface area contributed by atoms with E-state index in [9.17, 15) is 17.6 Å². The number of ether oxygens (including phenoxy) is 1.